The van der Waals surface area contributed by atoms with E-state index in [1.54, 1.807) is 17.2 Å². The van der Waals surface area contributed by atoms with Crippen molar-refractivity contribution in [3.63, 3.8) is 0 Å². The third kappa shape index (κ3) is 4.90. The molecule has 0 aromatic carbocycles. The third-order valence-electron chi connectivity index (χ3n) is 4.19. The highest BCUT2D eigenvalue weighted by Gasteiger charge is 2.34. The van der Waals surface area contributed by atoms with E-state index in [9.17, 15) is 13.2 Å². The van der Waals surface area contributed by atoms with Gasteiger partial charge in [-0.15, -0.1) is 0 Å². The molecule has 1 aromatic rings. The van der Waals surface area contributed by atoms with Crippen molar-refractivity contribution in [1.82, 2.24) is 14.9 Å². The van der Waals surface area contributed by atoms with Crippen molar-refractivity contribution in [2.75, 3.05) is 29.9 Å². The van der Waals surface area contributed by atoms with Crippen LogP contribution in [0.5, 0.6) is 0 Å². The number of rotatable bonds is 8. The van der Waals surface area contributed by atoms with Crippen LogP contribution in [0.15, 0.2) is 12.3 Å². The van der Waals surface area contributed by atoms with Crippen molar-refractivity contribution in [2.45, 2.75) is 45.6 Å². The second-order valence-electron chi connectivity index (χ2n) is 6.05. The van der Waals surface area contributed by atoms with Gasteiger partial charge in [-0.3, -0.25) is 4.79 Å². The Hall–Kier alpha value is -1.70. The number of carbonyl (C=O) groups is 1. The molecule has 1 aliphatic rings. The Balaban J connectivity index is 2.04. The fraction of sp³-hybridized carbons (Fsp3) is 0.688. The lowest BCUT2D eigenvalue weighted by Crippen LogP contribution is -2.41. The van der Waals surface area contributed by atoms with Crippen LogP contribution in [0.4, 0.5) is 5.95 Å². The number of carbonyl (C=O) groups excluding carboxylic acids is 1. The fourth-order valence-corrected chi connectivity index (χ4v) is 4.60. The number of nitrogens with zero attached hydrogens (tertiary/aromatic N) is 3. The lowest BCUT2D eigenvalue weighted by atomic mass is 10.2. The summed E-state index contributed by atoms with van der Waals surface area (Å²) in [6.45, 7) is 5.22. The summed E-state index contributed by atoms with van der Waals surface area (Å²) < 4.78 is 23.3. The van der Waals surface area contributed by atoms with Crippen LogP contribution in [0, 0.1) is 0 Å². The van der Waals surface area contributed by atoms with Crippen LogP contribution in [0.1, 0.15) is 50.0 Å². The predicted octanol–water partition coefficient (Wildman–Crippen LogP) is 1.73. The molecule has 8 heteroatoms. The van der Waals surface area contributed by atoms with Gasteiger partial charge in [0.05, 0.1) is 11.5 Å². The molecule has 0 aliphatic carbocycles. The molecule has 134 valence electrons. The first-order chi connectivity index (χ1) is 11.5. The highest BCUT2D eigenvalue weighted by Crippen LogP contribution is 2.19. The molecule has 7 nitrogen and oxygen atoms in total. The van der Waals surface area contributed by atoms with Crippen LogP contribution >= 0.6 is 0 Å². The van der Waals surface area contributed by atoms with E-state index in [0.29, 0.717) is 24.6 Å². The minimum Gasteiger partial charge on any atom is -0.354 e. The normalized spacial score (nSPS) is 19.2. The minimum absolute atomic E-state index is 0.0415. The van der Waals surface area contributed by atoms with Gasteiger partial charge in [0, 0.05) is 25.3 Å². The molecule has 0 bridgehead atoms. The molecule has 1 fully saturated rings. The van der Waals surface area contributed by atoms with Crippen LogP contribution in [0.3, 0.4) is 0 Å². The van der Waals surface area contributed by atoms with Gasteiger partial charge >= 0.3 is 0 Å². The van der Waals surface area contributed by atoms with Crippen LogP contribution in [-0.2, 0) is 9.84 Å². The van der Waals surface area contributed by atoms with Crippen LogP contribution in [0.2, 0.25) is 0 Å². The first kappa shape index (κ1) is 18.6. The number of aromatic nitrogens is 2. The summed E-state index contributed by atoms with van der Waals surface area (Å²) in [5.41, 5.74) is 0.300. The Morgan fingerprint density at radius 3 is 2.79 bits per heavy atom. The van der Waals surface area contributed by atoms with E-state index in [2.05, 4.69) is 22.2 Å². The Morgan fingerprint density at radius 1 is 1.38 bits per heavy atom. The SMILES string of the molecule is CCCCCNc1nccc(C(=O)N(CC)C2CCS(=O)(=O)C2)n1. The number of hydrogen-bond acceptors (Lipinski definition) is 6. The summed E-state index contributed by atoms with van der Waals surface area (Å²) >= 11 is 0. The summed E-state index contributed by atoms with van der Waals surface area (Å²) in [6, 6.07) is 1.31. The van der Waals surface area contributed by atoms with Gasteiger partial charge in [0.15, 0.2) is 9.84 Å². The Bertz CT molecular complexity index is 663. The third-order valence-corrected chi connectivity index (χ3v) is 5.94. The Morgan fingerprint density at radius 2 is 2.17 bits per heavy atom. The van der Waals surface area contributed by atoms with E-state index in [4.69, 9.17) is 0 Å². The highest BCUT2D eigenvalue weighted by molar-refractivity contribution is 7.91. The van der Waals surface area contributed by atoms with Crippen molar-refractivity contribution < 1.29 is 13.2 Å². The topological polar surface area (TPSA) is 92.3 Å². The molecular formula is C16H26N4O3S. The summed E-state index contributed by atoms with van der Waals surface area (Å²) in [6.07, 6.45) is 5.35. The summed E-state index contributed by atoms with van der Waals surface area (Å²) in [5.74, 6) is 0.389. The highest BCUT2D eigenvalue weighted by atomic mass is 32.2. The molecule has 0 radical (unpaired) electrons. The standard InChI is InChI=1S/C16H26N4O3S/c1-3-5-6-9-17-16-18-10-7-14(19-16)15(21)20(4-2)13-8-11-24(22,23)12-13/h7,10,13H,3-6,8-9,11-12H2,1-2H3,(H,17,18,19). The largest absolute Gasteiger partial charge is 0.354 e. The molecule has 2 rings (SSSR count). The fourth-order valence-electron chi connectivity index (χ4n) is 2.87. The van der Waals surface area contributed by atoms with E-state index in [1.165, 1.54) is 0 Å². The zero-order chi connectivity index (χ0) is 17.6. The quantitative estimate of drug-likeness (QED) is 0.715. The smallest absolute Gasteiger partial charge is 0.272 e. The van der Waals surface area contributed by atoms with Gasteiger partial charge in [-0.1, -0.05) is 19.8 Å². The summed E-state index contributed by atoms with van der Waals surface area (Å²) in [7, 11) is -3.03. The molecule has 1 aliphatic heterocycles. The molecule has 24 heavy (non-hydrogen) atoms. The number of amides is 1. The van der Waals surface area contributed by atoms with E-state index in [0.717, 1.165) is 25.8 Å². The number of anilines is 1. The summed E-state index contributed by atoms with van der Waals surface area (Å²) in [5, 5.41) is 3.13. The molecule has 0 saturated carbocycles. The van der Waals surface area contributed by atoms with Gasteiger partial charge in [-0.05, 0) is 25.8 Å². The van der Waals surface area contributed by atoms with Crippen molar-refractivity contribution in [2.24, 2.45) is 0 Å². The Labute approximate surface area is 143 Å². The first-order valence-electron chi connectivity index (χ1n) is 8.55. The maximum absolute atomic E-state index is 12.7. The van der Waals surface area contributed by atoms with Crippen molar-refractivity contribution >= 4 is 21.7 Å². The number of sulfone groups is 1. The van der Waals surface area contributed by atoms with Crippen molar-refractivity contribution in [3.8, 4) is 0 Å². The summed E-state index contributed by atoms with van der Waals surface area (Å²) in [4.78, 5) is 22.7. The van der Waals surface area contributed by atoms with Gasteiger partial charge in [0.1, 0.15) is 5.69 Å². The molecule has 1 saturated heterocycles. The van der Waals surface area contributed by atoms with Crippen molar-refractivity contribution in [1.29, 1.82) is 0 Å². The zero-order valence-electron chi connectivity index (χ0n) is 14.4. The van der Waals surface area contributed by atoms with Crippen LogP contribution in [0.25, 0.3) is 0 Å². The van der Waals surface area contributed by atoms with E-state index in [1.807, 2.05) is 6.92 Å². The molecule has 2 heterocycles. The molecule has 1 N–H and O–H groups in total. The van der Waals surface area contributed by atoms with Gasteiger partial charge in [0.2, 0.25) is 5.95 Å². The van der Waals surface area contributed by atoms with Crippen molar-refractivity contribution in [3.05, 3.63) is 18.0 Å². The van der Waals surface area contributed by atoms with E-state index >= 15 is 0 Å². The second-order valence-corrected chi connectivity index (χ2v) is 8.28. The molecule has 1 unspecified atom stereocenters. The first-order valence-corrected chi connectivity index (χ1v) is 10.4. The predicted molar refractivity (Wildman–Crippen MR) is 93.8 cm³/mol. The zero-order valence-corrected chi connectivity index (χ0v) is 15.2. The average Bonchev–Trinajstić information content (AvgIpc) is 2.92. The molecule has 1 atom stereocenters. The van der Waals surface area contributed by atoms with Gasteiger partial charge in [-0.25, -0.2) is 18.4 Å². The number of nitrogens with one attached hydrogen (secondary N) is 1. The monoisotopic (exact) mass is 354 g/mol. The maximum Gasteiger partial charge on any atom is 0.272 e. The average molecular weight is 354 g/mol. The minimum atomic E-state index is -3.03. The Kier molecular flexibility index (Phi) is 6.53. The molecule has 1 amide bonds. The van der Waals surface area contributed by atoms with Gasteiger partial charge in [-0.2, -0.15) is 0 Å². The second kappa shape index (κ2) is 8.41. The van der Waals surface area contributed by atoms with E-state index < -0.39 is 9.84 Å². The number of hydrogen-bond donors (Lipinski definition) is 1. The van der Waals surface area contributed by atoms with Gasteiger partial charge < -0.3 is 10.2 Å². The van der Waals surface area contributed by atoms with Crippen LogP contribution in [-0.4, -0.2) is 59.8 Å². The molecule has 1 aromatic heterocycles. The maximum atomic E-state index is 12.7. The van der Waals surface area contributed by atoms with Gasteiger partial charge in [0.25, 0.3) is 5.91 Å². The molecule has 0 spiro atoms. The van der Waals surface area contributed by atoms with Crippen LogP contribution < -0.4 is 5.32 Å². The lowest BCUT2D eigenvalue weighted by molar-refractivity contribution is 0.0702. The molecular weight excluding hydrogens is 328 g/mol. The van der Waals surface area contributed by atoms with E-state index in [-0.39, 0.29) is 23.5 Å². The number of unbranched alkanes of at least 4 members (excludes halogenated alkanes) is 2. The lowest BCUT2D eigenvalue weighted by Gasteiger charge is -2.26.